The van der Waals surface area contributed by atoms with Gasteiger partial charge in [0, 0.05) is 25.4 Å². The zero-order valence-corrected chi connectivity index (χ0v) is 16.1. The lowest BCUT2D eigenvalue weighted by molar-refractivity contribution is -0.131. The van der Waals surface area contributed by atoms with E-state index in [9.17, 15) is 4.79 Å². The third-order valence-electron chi connectivity index (χ3n) is 5.45. The molecule has 2 aliphatic heterocycles. The number of nitrogens with zero attached hydrogens (tertiary/aromatic N) is 3. The van der Waals surface area contributed by atoms with Crippen molar-refractivity contribution < 1.29 is 9.53 Å². The third-order valence-corrected chi connectivity index (χ3v) is 5.45. The number of likely N-dealkylation sites (N-methyl/N-ethyl adjacent to an activating group) is 1. The molecule has 2 aromatic rings. The molecule has 2 saturated heterocycles. The summed E-state index contributed by atoms with van der Waals surface area (Å²) in [4.78, 5) is 23.6. The van der Waals surface area contributed by atoms with Crippen LogP contribution < -0.4 is 10.1 Å². The quantitative estimate of drug-likeness (QED) is 0.901. The van der Waals surface area contributed by atoms with E-state index in [2.05, 4.69) is 10.3 Å². The van der Waals surface area contributed by atoms with Gasteiger partial charge in [-0.25, -0.2) is 9.97 Å². The van der Waals surface area contributed by atoms with Gasteiger partial charge >= 0.3 is 0 Å². The maximum atomic E-state index is 12.5. The van der Waals surface area contributed by atoms with E-state index in [0.29, 0.717) is 0 Å². The standard InChI is InChI=1S/C21H26N4O2/c1-14(2)27-16-6-4-15(5-7-16)17-9-12-22-19(23-17)18-8-10-21(24-18)11-13-25(3)20(21)26/h4-7,9,12,14,18,24H,8,10-11,13H2,1-3H3/t18-,21-/m1/s1. The molecule has 0 unspecified atom stereocenters. The number of hydrogen-bond donors (Lipinski definition) is 1. The van der Waals surface area contributed by atoms with Gasteiger partial charge in [0.25, 0.3) is 0 Å². The topological polar surface area (TPSA) is 67.3 Å². The second kappa shape index (κ2) is 6.93. The lowest BCUT2D eigenvalue weighted by Crippen LogP contribution is -2.47. The van der Waals surface area contributed by atoms with Crippen LogP contribution in [0.4, 0.5) is 0 Å². The lowest BCUT2D eigenvalue weighted by atomic mass is 9.96. The Morgan fingerprint density at radius 3 is 2.67 bits per heavy atom. The Morgan fingerprint density at radius 2 is 2.00 bits per heavy atom. The fraction of sp³-hybridized carbons (Fsp3) is 0.476. The highest BCUT2D eigenvalue weighted by molar-refractivity contribution is 5.88. The van der Waals surface area contributed by atoms with Crippen LogP contribution in [0.2, 0.25) is 0 Å². The minimum absolute atomic E-state index is 0.0175. The molecule has 2 atom stereocenters. The van der Waals surface area contributed by atoms with Crippen LogP contribution in [0.1, 0.15) is 45.0 Å². The Labute approximate surface area is 160 Å². The van der Waals surface area contributed by atoms with Gasteiger partial charge in [0.1, 0.15) is 17.1 Å². The molecule has 3 heterocycles. The van der Waals surface area contributed by atoms with E-state index in [1.54, 1.807) is 6.20 Å². The van der Waals surface area contributed by atoms with Crippen LogP contribution in [0.3, 0.4) is 0 Å². The highest BCUT2D eigenvalue weighted by atomic mass is 16.5. The fourth-order valence-corrected chi connectivity index (χ4v) is 4.04. The Bertz CT molecular complexity index is 836. The van der Waals surface area contributed by atoms with Gasteiger partial charge in [0.2, 0.25) is 5.91 Å². The molecule has 0 bridgehead atoms. The zero-order valence-electron chi connectivity index (χ0n) is 16.1. The maximum Gasteiger partial charge on any atom is 0.242 e. The SMILES string of the molecule is CC(C)Oc1ccc(-c2ccnc([C@H]3CC[C@]4(CCN(C)C4=O)N3)n2)cc1. The number of carbonyl (C=O) groups excluding carboxylic acids is 1. The maximum absolute atomic E-state index is 12.5. The number of benzene rings is 1. The Hall–Kier alpha value is -2.47. The van der Waals surface area contributed by atoms with Crippen molar-refractivity contribution in [2.75, 3.05) is 13.6 Å². The molecular formula is C21H26N4O2. The Morgan fingerprint density at radius 1 is 1.22 bits per heavy atom. The van der Waals surface area contributed by atoms with E-state index in [1.165, 1.54) is 0 Å². The van der Waals surface area contributed by atoms with Crippen molar-refractivity contribution in [3.63, 3.8) is 0 Å². The number of aromatic nitrogens is 2. The summed E-state index contributed by atoms with van der Waals surface area (Å²) in [6.45, 7) is 4.84. The van der Waals surface area contributed by atoms with Crippen molar-refractivity contribution in [3.05, 3.63) is 42.4 Å². The monoisotopic (exact) mass is 366 g/mol. The number of hydrogen-bond acceptors (Lipinski definition) is 5. The summed E-state index contributed by atoms with van der Waals surface area (Å²) < 4.78 is 5.70. The second-order valence-corrected chi connectivity index (χ2v) is 7.79. The number of ether oxygens (including phenoxy) is 1. The van der Waals surface area contributed by atoms with Crippen molar-refractivity contribution in [2.45, 2.75) is 50.8 Å². The normalized spacial score (nSPS) is 25.0. The molecular weight excluding hydrogens is 340 g/mol. The van der Waals surface area contributed by atoms with Crippen molar-refractivity contribution in [2.24, 2.45) is 0 Å². The molecule has 4 rings (SSSR count). The highest BCUT2D eigenvalue weighted by Gasteiger charge is 2.50. The average molecular weight is 366 g/mol. The van der Waals surface area contributed by atoms with Crippen molar-refractivity contribution in [1.82, 2.24) is 20.2 Å². The van der Waals surface area contributed by atoms with Crippen LogP contribution in [0.25, 0.3) is 11.3 Å². The molecule has 27 heavy (non-hydrogen) atoms. The number of rotatable bonds is 4. The summed E-state index contributed by atoms with van der Waals surface area (Å²) in [6, 6.07) is 9.90. The second-order valence-electron chi connectivity index (χ2n) is 7.79. The Balaban J connectivity index is 1.52. The van der Waals surface area contributed by atoms with Crippen LogP contribution in [0.5, 0.6) is 5.75 Å². The smallest absolute Gasteiger partial charge is 0.242 e. The molecule has 142 valence electrons. The molecule has 1 aromatic carbocycles. The van der Waals surface area contributed by atoms with Crippen LogP contribution in [0, 0.1) is 0 Å². The van der Waals surface area contributed by atoms with Gasteiger partial charge in [-0.1, -0.05) is 0 Å². The zero-order chi connectivity index (χ0) is 19.0. The van der Waals surface area contributed by atoms with Crippen LogP contribution in [-0.4, -0.2) is 46.0 Å². The number of carbonyl (C=O) groups is 1. The first kappa shape index (κ1) is 17.9. The van der Waals surface area contributed by atoms with E-state index in [0.717, 1.165) is 48.6 Å². The van der Waals surface area contributed by atoms with Gasteiger partial charge in [0.05, 0.1) is 17.8 Å². The van der Waals surface area contributed by atoms with Crippen molar-refractivity contribution in [1.29, 1.82) is 0 Å². The fourth-order valence-electron chi connectivity index (χ4n) is 4.04. The third kappa shape index (κ3) is 3.41. The highest BCUT2D eigenvalue weighted by Crippen LogP contribution is 2.38. The minimum Gasteiger partial charge on any atom is -0.491 e. The van der Waals surface area contributed by atoms with Gasteiger partial charge in [-0.3, -0.25) is 10.1 Å². The number of nitrogens with one attached hydrogen (secondary N) is 1. The first-order valence-electron chi connectivity index (χ1n) is 9.60. The predicted octanol–water partition coefficient (Wildman–Crippen LogP) is 2.96. The largest absolute Gasteiger partial charge is 0.491 e. The molecule has 2 fully saturated rings. The summed E-state index contributed by atoms with van der Waals surface area (Å²) in [7, 11) is 1.87. The summed E-state index contributed by atoms with van der Waals surface area (Å²) in [5.74, 6) is 1.81. The van der Waals surface area contributed by atoms with Gasteiger partial charge in [0.15, 0.2) is 0 Å². The average Bonchev–Trinajstić information content (AvgIpc) is 3.22. The number of likely N-dealkylation sites (tertiary alicyclic amines) is 1. The molecule has 6 heteroatoms. The molecule has 6 nitrogen and oxygen atoms in total. The van der Waals surface area contributed by atoms with Gasteiger partial charge in [-0.15, -0.1) is 0 Å². The van der Waals surface area contributed by atoms with Crippen molar-refractivity contribution >= 4 is 5.91 Å². The molecule has 0 aliphatic carbocycles. The Kier molecular flexibility index (Phi) is 4.60. The lowest BCUT2D eigenvalue weighted by Gasteiger charge is -2.23. The minimum atomic E-state index is -0.422. The molecule has 1 spiro atoms. The van der Waals surface area contributed by atoms with Gasteiger partial charge in [-0.05, 0) is 63.4 Å². The first-order chi connectivity index (χ1) is 13.0. The van der Waals surface area contributed by atoms with Gasteiger partial charge < -0.3 is 9.64 Å². The van der Waals surface area contributed by atoms with Crippen LogP contribution in [-0.2, 0) is 4.79 Å². The van der Waals surface area contributed by atoms with Gasteiger partial charge in [-0.2, -0.15) is 0 Å². The van der Waals surface area contributed by atoms with E-state index in [-0.39, 0.29) is 18.1 Å². The first-order valence-corrected chi connectivity index (χ1v) is 9.60. The summed E-state index contributed by atoms with van der Waals surface area (Å²) in [5, 5.41) is 3.54. The summed E-state index contributed by atoms with van der Waals surface area (Å²) in [5.41, 5.74) is 1.49. The summed E-state index contributed by atoms with van der Waals surface area (Å²) in [6.07, 6.45) is 4.53. The molecule has 1 N–H and O–H groups in total. The van der Waals surface area contributed by atoms with Crippen LogP contribution in [0.15, 0.2) is 36.5 Å². The van der Waals surface area contributed by atoms with E-state index in [4.69, 9.17) is 9.72 Å². The number of amides is 1. The molecule has 2 aliphatic rings. The van der Waals surface area contributed by atoms with E-state index in [1.807, 2.05) is 56.1 Å². The summed E-state index contributed by atoms with van der Waals surface area (Å²) >= 11 is 0. The van der Waals surface area contributed by atoms with E-state index >= 15 is 0 Å². The molecule has 1 amide bonds. The molecule has 1 aromatic heterocycles. The van der Waals surface area contributed by atoms with E-state index < -0.39 is 5.54 Å². The molecule has 0 saturated carbocycles. The van der Waals surface area contributed by atoms with Crippen LogP contribution >= 0.6 is 0 Å². The predicted molar refractivity (Wildman–Crippen MR) is 103 cm³/mol. The molecule has 0 radical (unpaired) electrons. The van der Waals surface area contributed by atoms with Crippen molar-refractivity contribution in [3.8, 4) is 17.0 Å².